The number of rotatable bonds is 2. The summed E-state index contributed by atoms with van der Waals surface area (Å²) in [5.74, 6) is 0.774. The SMILES string of the molecule is CN1C(=O)N(c2ccc(-c3ccccc3)cn2)C2CCCCC21. The lowest BCUT2D eigenvalue weighted by atomic mass is 9.90. The van der Waals surface area contributed by atoms with Gasteiger partial charge in [-0.05, 0) is 30.5 Å². The van der Waals surface area contributed by atoms with Gasteiger partial charge < -0.3 is 4.90 Å². The number of anilines is 1. The molecule has 2 aliphatic rings. The Bertz CT molecular complexity index is 698. The second kappa shape index (κ2) is 5.69. The van der Waals surface area contributed by atoms with Crippen LogP contribution < -0.4 is 4.90 Å². The molecule has 2 unspecified atom stereocenters. The van der Waals surface area contributed by atoms with Crippen molar-refractivity contribution in [3.05, 3.63) is 48.7 Å². The van der Waals surface area contributed by atoms with Gasteiger partial charge in [-0.15, -0.1) is 0 Å². The predicted molar refractivity (Wildman–Crippen MR) is 91.4 cm³/mol. The van der Waals surface area contributed by atoms with E-state index in [0.717, 1.165) is 29.8 Å². The summed E-state index contributed by atoms with van der Waals surface area (Å²) in [5.41, 5.74) is 2.22. The van der Waals surface area contributed by atoms with Crippen molar-refractivity contribution in [2.45, 2.75) is 37.8 Å². The highest BCUT2D eigenvalue weighted by Crippen LogP contribution is 2.36. The number of urea groups is 1. The molecule has 1 saturated carbocycles. The number of hydrogen-bond donors (Lipinski definition) is 0. The number of nitrogens with zero attached hydrogens (tertiary/aromatic N) is 3. The first-order valence-corrected chi connectivity index (χ1v) is 8.33. The predicted octanol–water partition coefficient (Wildman–Crippen LogP) is 3.93. The van der Waals surface area contributed by atoms with Gasteiger partial charge >= 0.3 is 6.03 Å². The van der Waals surface area contributed by atoms with Crippen LogP contribution in [0.2, 0.25) is 0 Å². The van der Waals surface area contributed by atoms with Crippen molar-refractivity contribution in [1.29, 1.82) is 0 Å². The fraction of sp³-hybridized carbons (Fsp3) is 0.368. The van der Waals surface area contributed by atoms with E-state index in [2.05, 4.69) is 23.2 Å². The smallest absolute Gasteiger partial charge is 0.322 e. The van der Waals surface area contributed by atoms with E-state index in [-0.39, 0.29) is 12.1 Å². The van der Waals surface area contributed by atoms with Crippen LogP contribution in [0.15, 0.2) is 48.7 Å². The Kier molecular flexibility index (Phi) is 3.52. The van der Waals surface area contributed by atoms with E-state index in [9.17, 15) is 4.79 Å². The maximum atomic E-state index is 12.6. The van der Waals surface area contributed by atoms with Crippen LogP contribution >= 0.6 is 0 Å². The largest absolute Gasteiger partial charge is 0.326 e. The van der Waals surface area contributed by atoms with Crippen LogP contribution in [-0.4, -0.2) is 35.0 Å². The van der Waals surface area contributed by atoms with E-state index in [1.807, 2.05) is 47.3 Å². The van der Waals surface area contributed by atoms with Gasteiger partial charge in [-0.1, -0.05) is 43.2 Å². The van der Waals surface area contributed by atoms with Crippen LogP contribution in [-0.2, 0) is 0 Å². The Morgan fingerprint density at radius 2 is 1.70 bits per heavy atom. The molecule has 1 aliphatic heterocycles. The number of fused-ring (bicyclic) bond motifs is 1. The highest BCUT2D eigenvalue weighted by molar-refractivity contribution is 5.94. The average molecular weight is 307 g/mol. The van der Waals surface area contributed by atoms with Crippen LogP contribution in [0.3, 0.4) is 0 Å². The number of carbonyl (C=O) groups excluding carboxylic acids is 1. The van der Waals surface area contributed by atoms with E-state index in [4.69, 9.17) is 0 Å². The third-order valence-electron chi connectivity index (χ3n) is 5.13. The van der Waals surface area contributed by atoms with Crippen LogP contribution in [0.4, 0.5) is 10.6 Å². The zero-order valence-electron chi connectivity index (χ0n) is 13.4. The fourth-order valence-electron chi connectivity index (χ4n) is 3.90. The molecule has 0 bridgehead atoms. The second-order valence-electron chi connectivity index (χ2n) is 6.45. The van der Waals surface area contributed by atoms with Crippen LogP contribution in [0, 0.1) is 0 Å². The molecule has 2 amide bonds. The molecule has 0 radical (unpaired) electrons. The maximum Gasteiger partial charge on any atom is 0.326 e. The first kappa shape index (κ1) is 14.2. The molecule has 4 heteroatoms. The first-order valence-electron chi connectivity index (χ1n) is 8.33. The van der Waals surface area contributed by atoms with Crippen LogP contribution in [0.25, 0.3) is 11.1 Å². The Hall–Kier alpha value is -2.36. The zero-order chi connectivity index (χ0) is 15.8. The lowest BCUT2D eigenvalue weighted by Gasteiger charge is -2.30. The lowest BCUT2D eigenvalue weighted by molar-refractivity contribution is 0.208. The number of amides is 2. The van der Waals surface area contributed by atoms with Gasteiger partial charge in [0.05, 0.1) is 12.1 Å². The molecule has 0 N–H and O–H groups in total. The molecular weight excluding hydrogens is 286 g/mol. The van der Waals surface area contributed by atoms with Gasteiger partial charge in [0.2, 0.25) is 0 Å². The summed E-state index contributed by atoms with van der Waals surface area (Å²) in [6.45, 7) is 0. The summed E-state index contributed by atoms with van der Waals surface area (Å²) < 4.78 is 0. The van der Waals surface area contributed by atoms with E-state index in [1.54, 1.807) is 0 Å². The second-order valence-corrected chi connectivity index (χ2v) is 6.45. The summed E-state index contributed by atoms with van der Waals surface area (Å²) >= 11 is 0. The number of hydrogen-bond acceptors (Lipinski definition) is 2. The molecule has 1 saturated heterocycles. The molecular formula is C19H21N3O. The summed E-state index contributed by atoms with van der Waals surface area (Å²) in [5, 5.41) is 0. The fourth-order valence-corrected chi connectivity index (χ4v) is 3.90. The van der Waals surface area contributed by atoms with Gasteiger partial charge in [0.15, 0.2) is 0 Å². The lowest BCUT2D eigenvalue weighted by Crippen LogP contribution is -2.39. The third kappa shape index (κ3) is 2.38. The van der Waals surface area contributed by atoms with Gasteiger partial charge in [-0.25, -0.2) is 9.78 Å². The van der Waals surface area contributed by atoms with Gasteiger partial charge in [0.1, 0.15) is 5.82 Å². The summed E-state index contributed by atoms with van der Waals surface area (Å²) in [4.78, 5) is 21.0. The number of benzene rings is 1. The summed E-state index contributed by atoms with van der Waals surface area (Å²) in [7, 11) is 1.92. The Labute approximate surface area is 136 Å². The highest BCUT2D eigenvalue weighted by Gasteiger charge is 2.45. The molecule has 4 rings (SSSR count). The molecule has 1 aliphatic carbocycles. The Morgan fingerprint density at radius 3 is 2.39 bits per heavy atom. The van der Waals surface area contributed by atoms with Crippen LogP contribution in [0.5, 0.6) is 0 Å². The quantitative estimate of drug-likeness (QED) is 0.843. The Balaban J connectivity index is 1.64. The Morgan fingerprint density at radius 1 is 0.957 bits per heavy atom. The number of pyridine rings is 1. The minimum Gasteiger partial charge on any atom is -0.322 e. The minimum atomic E-state index is 0.0851. The molecule has 2 fully saturated rings. The highest BCUT2D eigenvalue weighted by atomic mass is 16.2. The topological polar surface area (TPSA) is 36.4 Å². The molecule has 1 aromatic heterocycles. The molecule has 0 spiro atoms. The molecule has 23 heavy (non-hydrogen) atoms. The number of likely N-dealkylation sites (N-methyl/N-ethyl adjacent to an activating group) is 1. The molecule has 1 aromatic carbocycles. The normalized spacial score (nSPS) is 24.0. The van der Waals surface area contributed by atoms with Crippen molar-refractivity contribution < 1.29 is 4.79 Å². The van der Waals surface area contributed by atoms with Crippen molar-refractivity contribution in [2.24, 2.45) is 0 Å². The summed E-state index contributed by atoms with van der Waals surface area (Å²) in [6, 6.07) is 14.9. The van der Waals surface area contributed by atoms with Gasteiger partial charge in [0.25, 0.3) is 0 Å². The van der Waals surface area contributed by atoms with Crippen molar-refractivity contribution in [3.8, 4) is 11.1 Å². The molecule has 2 heterocycles. The summed E-state index contributed by atoms with van der Waals surface area (Å²) in [6.07, 6.45) is 6.45. The van der Waals surface area contributed by atoms with E-state index < -0.39 is 0 Å². The minimum absolute atomic E-state index is 0.0851. The van der Waals surface area contributed by atoms with Crippen molar-refractivity contribution in [1.82, 2.24) is 9.88 Å². The average Bonchev–Trinajstić information content (AvgIpc) is 2.87. The third-order valence-corrected chi connectivity index (χ3v) is 5.13. The molecule has 2 aromatic rings. The van der Waals surface area contributed by atoms with Crippen molar-refractivity contribution >= 4 is 11.8 Å². The maximum absolute atomic E-state index is 12.6. The molecule has 118 valence electrons. The molecule has 4 nitrogen and oxygen atoms in total. The number of aromatic nitrogens is 1. The number of carbonyl (C=O) groups is 1. The van der Waals surface area contributed by atoms with Crippen molar-refractivity contribution in [3.63, 3.8) is 0 Å². The monoisotopic (exact) mass is 307 g/mol. The first-order chi connectivity index (χ1) is 11.3. The molecule has 2 atom stereocenters. The van der Waals surface area contributed by atoms with E-state index in [1.165, 1.54) is 12.8 Å². The van der Waals surface area contributed by atoms with E-state index in [0.29, 0.717) is 6.04 Å². The zero-order valence-corrected chi connectivity index (χ0v) is 13.4. The standard InChI is InChI=1S/C19H21N3O/c1-21-16-9-5-6-10-17(16)22(19(21)23)18-12-11-15(13-20-18)14-7-3-2-4-8-14/h2-4,7-8,11-13,16-17H,5-6,9-10H2,1H3. The van der Waals surface area contributed by atoms with Gasteiger partial charge in [-0.2, -0.15) is 0 Å². The van der Waals surface area contributed by atoms with Crippen molar-refractivity contribution in [2.75, 3.05) is 11.9 Å². The van der Waals surface area contributed by atoms with E-state index >= 15 is 0 Å². The van der Waals surface area contributed by atoms with Crippen LogP contribution in [0.1, 0.15) is 25.7 Å². The van der Waals surface area contributed by atoms with Gasteiger partial charge in [0, 0.05) is 18.8 Å². The van der Waals surface area contributed by atoms with Gasteiger partial charge in [-0.3, -0.25) is 4.90 Å².